The van der Waals surface area contributed by atoms with E-state index in [1.54, 1.807) is 13.2 Å². The van der Waals surface area contributed by atoms with Crippen LogP contribution >= 0.6 is 24.0 Å². The molecular weight excluding hydrogens is 406 g/mol. The minimum atomic E-state index is -0.198. The first-order valence-corrected chi connectivity index (χ1v) is 10.6. The van der Waals surface area contributed by atoms with Gasteiger partial charge in [0.1, 0.15) is 10.1 Å². The number of benzene rings is 2. The molecule has 0 atom stereocenters. The number of carbonyl (C=O) groups excluding carboxylic acids is 1. The maximum atomic E-state index is 12.0. The van der Waals surface area contributed by atoms with Crippen molar-refractivity contribution in [1.82, 2.24) is 5.32 Å². The van der Waals surface area contributed by atoms with E-state index in [9.17, 15) is 4.79 Å². The van der Waals surface area contributed by atoms with Crippen LogP contribution in [-0.2, 0) is 11.2 Å². The van der Waals surface area contributed by atoms with Gasteiger partial charge in [0, 0.05) is 12.0 Å². The Balaban J connectivity index is 1.60. The van der Waals surface area contributed by atoms with Gasteiger partial charge in [0.25, 0.3) is 5.91 Å². The monoisotopic (exact) mass is 429 g/mol. The van der Waals surface area contributed by atoms with Crippen molar-refractivity contribution in [2.45, 2.75) is 19.8 Å². The Labute approximate surface area is 180 Å². The molecule has 3 rings (SSSR count). The molecule has 0 radical (unpaired) electrons. The Morgan fingerprint density at radius 1 is 1.10 bits per heavy atom. The van der Waals surface area contributed by atoms with E-state index in [1.807, 2.05) is 30.3 Å². The molecule has 2 aromatic carbocycles. The highest BCUT2D eigenvalue weighted by atomic mass is 32.2. The number of nitrogens with one attached hydrogen (secondary N) is 1. The first-order valence-electron chi connectivity index (χ1n) is 9.37. The smallest absolute Gasteiger partial charge is 0.263 e. The summed E-state index contributed by atoms with van der Waals surface area (Å²) >= 11 is 6.28. The van der Waals surface area contributed by atoms with Crippen LogP contribution in [0, 0.1) is 0 Å². The molecule has 0 saturated carbocycles. The highest BCUT2D eigenvalue weighted by Gasteiger charge is 2.23. The van der Waals surface area contributed by atoms with Crippen molar-refractivity contribution in [2.75, 3.05) is 20.3 Å². The van der Waals surface area contributed by atoms with E-state index in [1.165, 1.54) is 17.3 Å². The molecule has 29 heavy (non-hydrogen) atoms. The number of hydrogen-bond donors (Lipinski definition) is 1. The van der Waals surface area contributed by atoms with E-state index >= 15 is 0 Å². The van der Waals surface area contributed by atoms with Crippen LogP contribution in [0.5, 0.6) is 17.2 Å². The topological polar surface area (TPSA) is 56.8 Å². The van der Waals surface area contributed by atoms with Gasteiger partial charge in [0.15, 0.2) is 11.5 Å². The van der Waals surface area contributed by atoms with Gasteiger partial charge in [0.05, 0.1) is 25.2 Å². The summed E-state index contributed by atoms with van der Waals surface area (Å²) in [6, 6.07) is 13.7. The van der Waals surface area contributed by atoms with Crippen LogP contribution in [0.2, 0.25) is 0 Å². The third-order valence-corrected chi connectivity index (χ3v) is 5.46. The molecule has 1 saturated heterocycles. The fourth-order valence-electron chi connectivity index (χ4n) is 2.77. The highest BCUT2D eigenvalue weighted by molar-refractivity contribution is 8.26. The number of para-hydroxylation sites is 1. The number of thioether (sulfide) groups is 1. The van der Waals surface area contributed by atoms with Gasteiger partial charge in [0.2, 0.25) is 0 Å². The molecular formula is C22H23NO4S2. The molecule has 0 aliphatic carbocycles. The molecule has 1 amide bonds. The predicted molar refractivity (Wildman–Crippen MR) is 121 cm³/mol. The number of ether oxygens (including phenoxy) is 3. The SMILES string of the molecule is CCc1ccc(OCCCOc2c(/C=C3/SC(=S)NC3=O)cccc2OC)cc1. The van der Waals surface area contributed by atoms with Gasteiger partial charge in [-0.3, -0.25) is 4.79 Å². The fourth-order valence-corrected chi connectivity index (χ4v) is 3.80. The number of amides is 1. The molecule has 0 aromatic heterocycles. The standard InChI is InChI=1S/C22H23NO4S2/c1-3-15-8-10-17(11-9-15)26-12-5-13-27-20-16(6-4-7-18(20)25-2)14-19-21(24)23-22(28)29-19/h4,6-11,14H,3,5,12-13H2,1-2H3,(H,23,24,28)/b19-14+. The molecule has 152 valence electrons. The number of aryl methyl sites for hydroxylation is 1. The third-order valence-electron chi connectivity index (χ3n) is 4.29. The average molecular weight is 430 g/mol. The summed E-state index contributed by atoms with van der Waals surface area (Å²) in [5.41, 5.74) is 2.05. The molecule has 1 fully saturated rings. The number of methoxy groups -OCH3 is 1. The van der Waals surface area contributed by atoms with Crippen LogP contribution in [0.15, 0.2) is 47.4 Å². The van der Waals surface area contributed by atoms with Crippen LogP contribution < -0.4 is 19.5 Å². The lowest BCUT2D eigenvalue weighted by molar-refractivity contribution is -0.115. The molecule has 0 unspecified atom stereocenters. The molecule has 1 aliphatic rings. The van der Waals surface area contributed by atoms with Gasteiger partial charge in [-0.15, -0.1) is 0 Å². The highest BCUT2D eigenvalue weighted by Crippen LogP contribution is 2.35. The van der Waals surface area contributed by atoms with Crippen LogP contribution in [0.4, 0.5) is 0 Å². The van der Waals surface area contributed by atoms with Gasteiger partial charge in [-0.1, -0.05) is 55.2 Å². The summed E-state index contributed by atoms with van der Waals surface area (Å²) in [5.74, 6) is 1.86. The summed E-state index contributed by atoms with van der Waals surface area (Å²) in [4.78, 5) is 12.5. The van der Waals surface area contributed by atoms with E-state index in [2.05, 4.69) is 24.4 Å². The van der Waals surface area contributed by atoms with Gasteiger partial charge in [-0.2, -0.15) is 0 Å². The largest absolute Gasteiger partial charge is 0.493 e. The molecule has 1 aliphatic heterocycles. The third kappa shape index (κ3) is 5.74. The normalized spacial score (nSPS) is 14.8. The minimum Gasteiger partial charge on any atom is -0.493 e. The van der Waals surface area contributed by atoms with Gasteiger partial charge >= 0.3 is 0 Å². The Kier molecular flexibility index (Phi) is 7.55. The average Bonchev–Trinajstić information content (AvgIpc) is 3.05. The Hall–Kier alpha value is -2.51. The summed E-state index contributed by atoms with van der Waals surface area (Å²) in [7, 11) is 1.59. The zero-order valence-corrected chi connectivity index (χ0v) is 18.0. The zero-order chi connectivity index (χ0) is 20.6. The molecule has 0 spiro atoms. The maximum absolute atomic E-state index is 12.0. The molecule has 1 heterocycles. The van der Waals surface area contributed by atoms with E-state index < -0.39 is 0 Å². The van der Waals surface area contributed by atoms with Crippen molar-refractivity contribution in [2.24, 2.45) is 0 Å². The van der Waals surface area contributed by atoms with Gasteiger partial charge < -0.3 is 19.5 Å². The van der Waals surface area contributed by atoms with Crippen molar-refractivity contribution in [3.63, 3.8) is 0 Å². The van der Waals surface area contributed by atoms with Crippen molar-refractivity contribution in [3.05, 3.63) is 58.5 Å². The van der Waals surface area contributed by atoms with Crippen molar-refractivity contribution in [3.8, 4) is 17.2 Å². The van der Waals surface area contributed by atoms with E-state index in [0.717, 1.165) is 17.7 Å². The second kappa shape index (κ2) is 10.3. The number of thiocarbonyl (C=S) groups is 1. The van der Waals surface area contributed by atoms with Crippen molar-refractivity contribution >= 4 is 40.3 Å². The van der Waals surface area contributed by atoms with Crippen LogP contribution in [0.1, 0.15) is 24.5 Å². The molecule has 1 N–H and O–H groups in total. The summed E-state index contributed by atoms with van der Waals surface area (Å²) in [5, 5.41) is 2.62. The number of hydrogen-bond acceptors (Lipinski definition) is 6. The lowest BCUT2D eigenvalue weighted by Gasteiger charge is -2.14. The summed E-state index contributed by atoms with van der Waals surface area (Å²) in [6.45, 7) is 3.13. The second-order valence-corrected chi connectivity index (χ2v) is 8.00. The van der Waals surface area contributed by atoms with Gasteiger partial charge in [-0.25, -0.2) is 0 Å². The Morgan fingerprint density at radius 2 is 1.86 bits per heavy atom. The number of rotatable bonds is 9. The van der Waals surface area contributed by atoms with Crippen molar-refractivity contribution in [1.29, 1.82) is 0 Å². The predicted octanol–water partition coefficient (Wildman–Crippen LogP) is 4.59. The fraction of sp³-hybridized carbons (Fsp3) is 0.273. The first-order chi connectivity index (χ1) is 14.1. The lowest BCUT2D eigenvalue weighted by Crippen LogP contribution is -2.17. The Morgan fingerprint density at radius 3 is 2.52 bits per heavy atom. The summed E-state index contributed by atoms with van der Waals surface area (Å²) < 4.78 is 17.6. The van der Waals surface area contributed by atoms with Gasteiger partial charge in [-0.05, 0) is 36.3 Å². The van der Waals surface area contributed by atoms with Crippen molar-refractivity contribution < 1.29 is 19.0 Å². The molecule has 0 bridgehead atoms. The maximum Gasteiger partial charge on any atom is 0.263 e. The van der Waals surface area contributed by atoms with E-state index in [-0.39, 0.29) is 5.91 Å². The molecule has 2 aromatic rings. The Bertz CT molecular complexity index is 910. The number of carbonyl (C=O) groups is 1. The van der Waals surface area contributed by atoms with E-state index in [4.69, 9.17) is 26.4 Å². The van der Waals surface area contributed by atoms with Crippen LogP contribution in [0.3, 0.4) is 0 Å². The van der Waals surface area contributed by atoms with E-state index in [0.29, 0.717) is 40.4 Å². The van der Waals surface area contributed by atoms with Crippen LogP contribution in [0.25, 0.3) is 6.08 Å². The second-order valence-electron chi connectivity index (χ2n) is 6.28. The summed E-state index contributed by atoms with van der Waals surface area (Å²) in [6.07, 6.45) is 3.49. The van der Waals surface area contributed by atoms with Crippen LogP contribution in [-0.4, -0.2) is 30.6 Å². The molecule has 5 nitrogen and oxygen atoms in total. The first kappa shape index (κ1) is 21.2. The lowest BCUT2D eigenvalue weighted by atomic mass is 10.1. The molecule has 7 heteroatoms. The minimum absolute atomic E-state index is 0.198. The zero-order valence-electron chi connectivity index (χ0n) is 16.4. The quantitative estimate of drug-likeness (QED) is 0.357.